The number of hydrogen-bond acceptors (Lipinski definition) is 7. The molecule has 0 radical (unpaired) electrons. The van der Waals surface area contributed by atoms with Crippen molar-refractivity contribution in [2.75, 3.05) is 25.1 Å². The number of anilines is 1. The summed E-state index contributed by atoms with van der Waals surface area (Å²) in [5.41, 5.74) is 1.69. The van der Waals surface area contributed by atoms with Gasteiger partial charge < -0.3 is 14.4 Å². The Kier molecular flexibility index (Phi) is 4.19. The molecule has 1 aliphatic rings. The minimum atomic E-state index is -0.405. The van der Waals surface area contributed by atoms with Gasteiger partial charge in [-0.15, -0.1) is 0 Å². The first-order chi connectivity index (χ1) is 12.7. The number of carbonyl (C=O) groups excluding carboxylic acids is 1. The van der Waals surface area contributed by atoms with Crippen LogP contribution >= 0.6 is 11.3 Å². The molecule has 1 aliphatic heterocycles. The van der Waals surface area contributed by atoms with E-state index >= 15 is 0 Å². The molecule has 0 saturated carbocycles. The van der Waals surface area contributed by atoms with Gasteiger partial charge in [-0.1, -0.05) is 23.5 Å². The van der Waals surface area contributed by atoms with E-state index in [1.807, 2.05) is 24.3 Å². The lowest BCUT2D eigenvalue weighted by Gasteiger charge is -2.38. The van der Waals surface area contributed by atoms with E-state index in [1.54, 1.807) is 42.7 Å². The number of nitrogens with zero attached hydrogens (tertiary/aromatic N) is 3. The molecule has 1 fully saturated rings. The highest BCUT2D eigenvalue weighted by molar-refractivity contribution is 7.22. The van der Waals surface area contributed by atoms with E-state index in [0.717, 1.165) is 21.1 Å². The van der Waals surface area contributed by atoms with Crippen molar-refractivity contribution < 1.29 is 14.3 Å². The van der Waals surface area contributed by atoms with Gasteiger partial charge in [0.1, 0.15) is 17.4 Å². The molecule has 1 saturated heterocycles. The van der Waals surface area contributed by atoms with E-state index in [0.29, 0.717) is 24.2 Å². The topological polar surface area (TPSA) is 75.5 Å². The fraction of sp³-hybridized carbons (Fsp3) is 0.211. The van der Waals surface area contributed by atoms with Gasteiger partial charge in [-0.2, -0.15) is 5.26 Å². The Bertz CT molecular complexity index is 1020. The number of methoxy groups -OCH3 is 1. The normalized spacial score (nSPS) is 13.9. The van der Waals surface area contributed by atoms with Crippen molar-refractivity contribution >= 4 is 32.7 Å². The Labute approximate surface area is 154 Å². The second-order valence-corrected chi connectivity index (χ2v) is 6.94. The predicted octanol–water partition coefficient (Wildman–Crippen LogP) is 3.22. The van der Waals surface area contributed by atoms with E-state index in [2.05, 4.69) is 9.88 Å². The van der Waals surface area contributed by atoms with Crippen LogP contribution in [0.4, 0.5) is 5.13 Å². The highest BCUT2D eigenvalue weighted by Gasteiger charge is 2.32. The molecule has 0 bridgehead atoms. The summed E-state index contributed by atoms with van der Waals surface area (Å²) in [6.07, 6.45) is -0.179. The standard InChI is InChI=1S/C19H15N3O3S/c1-24-15-6-3-7-16-17(15)21-19(26-16)22-10-14(11-22)25-18(23)13-5-2-4-12(8-13)9-20/h2-8,14H,10-11H2,1H3. The summed E-state index contributed by atoms with van der Waals surface area (Å²) in [7, 11) is 1.63. The van der Waals surface area contributed by atoms with Crippen LogP contribution in [0.3, 0.4) is 0 Å². The summed E-state index contributed by atoms with van der Waals surface area (Å²) >= 11 is 1.59. The molecular formula is C19H15N3O3S. The zero-order chi connectivity index (χ0) is 18.1. The number of esters is 1. The van der Waals surface area contributed by atoms with E-state index < -0.39 is 5.97 Å². The van der Waals surface area contributed by atoms with Crippen LogP contribution < -0.4 is 9.64 Å². The molecule has 2 heterocycles. The summed E-state index contributed by atoms with van der Waals surface area (Å²) in [6.45, 7) is 1.21. The lowest BCUT2D eigenvalue weighted by atomic mass is 10.1. The molecule has 4 rings (SSSR count). The number of carbonyl (C=O) groups is 1. The van der Waals surface area contributed by atoms with Crippen molar-refractivity contribution in [1.29, 1.82) is 5.26 Å². The number of nitriles is 1. The number of para-hydroxylation sites is 1. The van der Waals surface area contributed by atoms with Crippen LogP contribution in [0.5, 0.6) is 5.75 Å². The van der Waals surface area contributed by atoms with E-state index in [4.69, 9.17) is 14.7 Å². The highest BCUT2D eigenvalue weighted by atomic mass is 32.1. The third kappa shape index (κ3) is 2.95. The van der Waals surface area contributed by atoms with Crippen LogP contribution in [0.1, 0.15) is 15.9 Å². The second kappa shape index (κ2) is 6.65. The predicted molar refractivity (Wildman–Crippen MR) is 98.7 cm³/mol. The maximum Gasteiger partial charge on any atom is 0.338 e. The number of fused-ring (bicyclic) bond motifs is 1. The lowest BCUT2D eigenvalue weighted by Crippen LogP contribution is -2.53. The maximum absolute atomic E-state index is 12.2. The Hall–Kier alpha value is -3.11. The average Bonchev–Trinajstić information content (AvgIpc) is 3.07. The lowest BCUT2D eigenvalue weighted by molar-refractivity contribution is 0.0234. The monoisotopic (exact) mass is 365 g/mol. The van der Waals surface area contributed by atoms with E-state index in [-0.39, 0.29) is 6.10 Å². The first-order valence-electron chi connectivity index (χ1n) is 8.07. The third-order valence-electron chi connectivity index (χ3n) is 4.21. The zero-order valence-electron chi connectivity index (χ0n) is 14.0. The van der Waals surface area contributed by atoms with Gasteiger partial charge in [-0.25, -0.2) is 9.78 Å². The quantitative estimate of drug-likeness (QED) is 0.661. The van der Waals surface area contributed by atoms with Gasteiger partial charge in [0, 0.05) is 0 Å². The van der Waals surface area contributed by atoms with Gasteiger partial charge in [-0.05, 0) is 30.3 Å². The average molecular weight is 365 g/mol. The number of rotatable bonds is 4. The zero-order valence-corrected chi connectivity index (χ0v) is 14.8. The number of aromatic nitrogens is 1. The van der Waals surface area contributed by atoms with Crippen molar-refractivity contribution in [3.8, 4) is 11.8 Å². The van der Waals surface area contributed by atoms with Crippen LogP contribution in [0.15, 0.2) is 42.5 Å². The van der Waals surface area contributed by atoms with Gasteiger partial charge in [0.15, 0.2) is 5.13 Å². The Morgan fingerprint density at radius 2 is 2.12 bits per heavy atom. The molecule has 130 valence electrons. The van der Waals surface area contributed by atoms with Gasteiger partial charge in [-0.3, -0.25) is 0 Å². The molecular weight excluding hydrogens is 350 g/mol. The van der Waals surface area contributed by atoms with Crippen LogP contribution in [-0.2, 0) is 4.74 Å². The van der Waals surface area contributed by atoms with Crippen LogP contribution in [0.25, 0.3) is 10.2 Å². The van der Waals surface area contributed by atoms with Crippen molar-refractivity contribution in [3.63, 3.8) is 0 Å². The molecule has 3 aromatic rings. The molecule has 0 amide bonds. The van der Waals surface area contributed by atoms with Crippen LogP contribution in [0, 0.1) is 11.3 Å². The highest BCUT2D eigenvalue weighted by Crippen LogP contribution is 2.36. The van der Waals surface area contributed by atoms with E-state index in [1.165, 1.54) is 0 Å². The number of thiazole rings is 1. The van der Waals surface area contributed by atoms with Gasteiger partial charge >= 0.3 is 5.97 Å². The molecule has 2 aromatic carbocycles. The third-order valence-corrected chi connectivity index (χ3v) is 5.29. The first kappa shape index (κ1) is 16.4. The first-order valence-corrected chi connectivity index (χ1v) is 8.89. The van der Waals surface area contributed by atoms with Crippen LogP contribution in [-0.4, -0.2) is 37.3 Å². The van der Waals surface area contributed by atoms with Crippen molar-refractivity contribution in [1.82, 2.24) is 4.98 Å². The maximum atomic E-state index is 12.2. The molecule has 6 nitrogen and oxygen atoms in total. The van der Waals surface area contributed by atoms with Gasteiger partial charge in [0.2, 0.25) is 0 Å². The fourth-order valence-corrected chi connectivity index (χ4v) is 3.82. The second-order valence-electron chi connectivity index (χ2n) is 5.93. The molecule has 0 atom stereocenters. The largest absolute Gasteiger partial charge is 0.494 e. The van der Waals surface area contributed by atoms with E-state index in [9.17, 15) is 4.79 Å². The van der Waals surface area contributed by atoms with Crippen LogP contribution in [0.2, 0.25) is 0 Å². The Balaban J connectivity index is 1.41. The fourth-order valence-electron chi connectivity index (χ4n) is 2.82. The summed E-state index contributed by atoms with van der Waals surface area (Å²) in [6, 6.07) is 14.4. The minimum Gasteiger partial charge on any atom is -0.494 e. The van der Waals surface area contributed by atoms with Gasteiger partial charge in [0.25, 0.3) is 0 Å². The Morgan fingerprint density at radius 3 is 2.88 bits per heavy atom. The number of ether oxygens (including phenoxy) is 2. The summed E-state index contributed by atoms with van der Waals surface area (Å²) < 4.78 is 11.9. The summed E-state index contributed by atoms with van der Waals surface area (Å²) in [5.74, 6) is 0.351. The minimum absolute atomic E-state index is 0.179. The summed E-state index contributed by atoms with van der Waals surface area (Å²) in [5, 5.41) is 9.81. The molecule has 26 heavy (non-hydrogen) atoms. The molecule has 0 spiro atoms. The number of hydrogen-bond donors (Lipinski definition) is 0. The van der Waals surface area contributed by atoms with Crippen molar-refractivity contribution in [3.05, 3.63) is 53.6 Å². The number of benzene rings is 2. The summed E-state index contributed by atoms with van der Waals surface area (Å²) in [4.78, 5) is 18.9. The SMILES string of the molecule is COc1cccc2sc(N3CC(OC(=O)c4cccc(C#N)c4)C3)nc12. The Morgan fingerprint density at radius 1 is 1.31 bits per heavy atom. The van der Waals surface area contributed by atoms with Gasteiger partial charge in [0.05, 0.1) is 42.1 Å². The molecule has 0 unspecified atom stereocenters. The molecule has 1 aromatic heterocycles. The molecule has 0 aliphatic carbocycles. The molecule has 7 heteroatoms. The van der Waals surface area contributed by atoms with Crippen molar-refractivity contribution in [2.24, 2.45) is 0 Å². The molecule has 0 N–H and O–H groups in total. The van der Waals surface area contributed by atoms with Crippen molar-refractivity contribution in [2.45, 2.75) is 6.10 Å². The smallest absolute Gasteiger partial charge is 0.338 e.